The predicted molar refractivity (Wildman–Crippen MR) is 60.4 cm³/mol. The van der Waals surface area contributed by atoms with Crippen molar-refractivity contribution in [2.75, 3.05) is 5.75 Å². The molecule has 8 heteroatoms. The maximum absolute atomic E-state index is 13.1. The number of benzene rings is 1. The lowest BCUT2D eigenvalue weighted by Gasteiger charge is -2.13. The highest BCUT2D eigenvalue weighted by Gasteiger charge is 2.34. The van der Waals surface area contributed by atoms with Gasteiger partial charge in [0.1, 0.15) is 5.75 Å². The van der Waals surface area contributed by atoms with E-state index in [9.17, 15) is 27.3 Å². The van der Waals surface area contributed by atoms with E-state index in [1.165, 1.54) is 6.92 Å². The van der Waals surface area contributed by atoms with Crippen LogP contribution in [0.4, 0.5) is 14.5 Å². The fourth-order valence-electron chi connectivity index (χ4n) is 1.24. The third-order valence-corrected chi connectivity index (χ3v) is 4.12. The highest BCUT2D eigenvalue weighted by Crippen LogP contribution is 2.25. The van der Waals surface area contributed by atoms with E-state index in [0.717, 1.165) is 24.3 Å². The van der Waals surface area contributed by atoms with Gasteiger partial charge in [-0.15, -0.1) is 0 Å². The predicted octanol–water partition coefficient (Wildman–Crippen LogP) is 2.41. The Hall–Kier alpha value is -1.57. The van der Waals surface area contributed by atoms with Gasteiger partial charge in [-0.1, -0.05) is 6.92 Å². The molecule has 0 heterocycles. The third kappa shape index (κ3) is 3.46. The van der Waals surface area contributed by atoms with Crippen LogP contribution in [0.2, 0.25) is 0 Å². The average molecular weight is 279 g/mol. The van der Waals surface area contributed by atoms with Gasteiger partial charge >= 0.3 is 0 Å². The first-order valence-corrected chi connectivity index (χ1v) is 6.68. The van der Waals surface area contributed by atoms with Crippen LogP contribution < -0.4 is 0 Å². The summed E-state index contributed by atoms with van der Waals surface area (Å²) in [6.45, 7) is 1.19. The molecule has 1 aromatic rings. The summed E-state index contributed by atoms with van der Waals surface area (Å²) in [5, 5.41) is 10.4. The van der Waals surface area contributed by atoms with Gasteiger partial charge < -0.3 is 0 Å². The number of sulfone groups is 1. The van der Waals surface area contributed by atoms with Crippen LogP contribution in [0.5, 0.6) is 0 Å². The first kappa shape index (κ1) is 14.5. The number of alkyl halides is 2. The topological polar surface area (TPSA) is 77.3 Å². The fourth-order valence-corrected chi connectivity index (χ4v) is 2.72. The summed E-state index contributed by atoms with van der Waals surface area (Å²) in [5.74, 6) is -4.60. The number of nitrogens with zero attached hydrogens (tertiary/aromatic N) is 1. The number of halogens is 2. The highest BCUT2D eigenvalue weighted by atomic mass is 32.2. The van der Waals surface area contributed by atoms with Gasteiger partial charge in [-0.2, -0.15) is 0 Å². The number of hydrogen-bond donors (Lipinski definition) is 0. The maximum atomic E-state index is 13.1. The molecule has 0 saturated carbocycles. The van der Waals surface area contributed by atoms with E-state index in [4.69, 9.17) is 0 Å². The van der Waals surface area contributed by atoms with Crippen molar-refractivity contribution >= 4 is 15.5 Å². The molecule has 0 atom stereocenters. The van der Waals surface area contributed by atoms with Crippen LogP contribution in [0.25, 0.3) is 0 Å². The van der Waals surface area contributed by atoms with Crippen molar-refractivity contribution in [2.24, 2.45) is 0 Å². The van der Waals surface area contributed by atoms with Crippen LogP contribution in [0, 0.1) is 10.1 Å². The number of non-ortho nitro benzene ring substituents is 1. The lowest BCUT2D eigenvalue weighted by molar-refractivity contribution is -0.384. The zero-order chi connectivity index (χ0) is 14.0. The lowest BCUT2D eigenvalue weighted by Crippen LogP contribution is -2.27. The van der Waals surface area contributed by atoms with Crippen LogP contribution in [-0.2, 0) is 9.84 Å². The van der Waals surface area contributed by atoms with Crippen molar-refractivity contribution in [3.05, 3.63) is 34.4 Å². The molecular weight excluding hydrogens is 268 g/mol. The summed E-state index contributed by atoms with van der Waals surface area (Å²) in [7, 11) is -4.15. The maximum Gasteiger partial charge on any atom is 0.269 e. The van der Waals surface area contributed by atoms with Crippen molar-refractivity contribution in [3.8, 4) is 0 Å². The van der Waals surface area contributed by atoms with Gasteiger partial charge in [0.2, 0.25) is 0 Å². The minimum absolute atomic E-state index is 0.295. The molecule has 0 spiro atoms. The average Bonchev–Trinajstić information content (AvgIpc) is 2.28. The zero-order valence-electron chi connectivity index (χ0n) is 9.47. The second-order valence-corrected chi connectivity index (χ2v) is 5.71. The Kier molecular flexibility index (Phi) is 4.00. The quantitative estimate of drug-likeness (QED) is 0.612. The zero-order valence-corrected chi connectivity index (χ0v) is 10.3. The lowest BCUT2D eigenvalue weighted by atomic mass is 10.3. The molecule has 18 heavy (non-hydrogen) atoms. The summed E-state index contributed by atoms with van der Waals surface area (Å²) >= 11 is 0. The Morgan fingerprint density at radius 2 is 1.78 bits per heavy atom. The molecule has 0 saturated heterocycles. The minimum Gasteiger partial charge on any atom is -0.258 e. The number of hydrogen-bond acceptors (Lipinski definition) is 4. The molecule has 0 bridgehead atoms. The van der Waals surface area contributed by atoms with Gasteiger partial charge in [-0.25, -0.2) is 17.2 Å². The normalized spacial score (nSPS) is 12.4. The van der Waals surface area contributed by atoms with E-state index in [1.54, 1.807) is 0 Å². The van der Waals surface area contributed by atoms with Crippen molar-refractivity contribution in [2.45, 2.75) is 24.2 Å². The molecule has 1 aromatic carbocycles. The number of nitro benzene ring substituents is 1. The van der Waals surface area contributed by atoms with E-state index in [-0.39, 0.29) is 10.6 Å². The van der Waals surface area contributed by atoms with Gasteiger partial charge in [-0.3, -0.25) is 10.1 Å². The second kappa shape index (κ2) is 4.97. The molecule has 0 N–H and O–H groups in total. The smallest absolute Gasteiger partial charge is 0.258 e. The Morgan fingerprint density at radius 1 is 1.28 bits per heavy atom. The molecule has 0 aliphatic heterocycles. The minimum atomic E-state index is -4.15. The van der Waals surface area contributed by atoms with Crippen LogP contribution in [0.1, 0.15) is 13.3 Å². The summed E-state index contributed by atoms with van der Waals surface area (Å²) in [6, 6.07) is 3.85. The van der Waals surface area contributed by atoms with E-state index in [2.05, 4.69) is 0 Å². The van der Waals surface area contributed by atoms with Gasteiger partial charge in [-0.05, 0) is 12.1 Å². The SMILES string of the molecule is CCC(F)(F)CS(=O)(=O)c1ccc([N+](=O)[O-])cc1. The second-order valence-electron chi connectivity index (χ2n) is 3.72. The largest absolute Gasteiger partial charge is 0.269 e. The Bertz CT molecular complexity index is 540. The molecule has 100 valence electrons. The van der Waals surface area contributed by atoms with Crippen LogP contribution in [0.15, 0.2) is 29.2 Å². The highest BCUT2D eigenvalue weighted by molar-refractivity contribution is 7.91. The number of rotatable bonds is 5. The monoisotopic (exact) mass is 279 g/mol. The Balaban J connectivity index is 3.03. The molecule has 0 aliphatic rings. The van der Waals surface area contributed by atoms with Gasteiger partial charge in [0.25, 0.3) is 11.6 Å². The molecule has 0 aliphatic carbocycles. The summed E-state index contributed by atoms with van der Waals surface area (Å²) in [4.78, 5) is 9.33. The van der Waals surface area contributed by atoms with E-state index >= 15 is 0 Å². The van der Waals surface area contributed by atoms with Crippen molar-refractivity contribution < 1.29 is 22.1 Å². The van der Waals surface area contributed by atoms with E-state index in [0.29, 0.717) is 0 Å². The van der Waals surface area contributed by atoms with Crippen LogP contribution in [0.3, 0.4) is 0 Å². The van der Waals surface area contributed by atoms with Crippen LogP contribution in [-0.4, -0.2) is 25.0 Å². The van der Waals surface area contributed by atoms with E-state index < -0.39 is 32.9 Å². The molecule has 0 amide bonds. The third-order valence-electron chi connectivity index (χ3n) is 2.33. The standard InChI is InChI=1S/C10H11F2NO4S/c1-2-10(11,12)7-18(16,17)9-5-3-8(4-6-9)13(14)15/h3-6H,2,7H2,1H3. The van der Waals surface area contributed by atoms with Crippen LogP contribution >= 0.6 is 0 Å². The fraction of sp³-hybridized carbons (Fsp3) is 0.400. The number of nitro groups is 1. The van der Waals surface area contributed by atoms with Gasteiger partial charge in [0.15, 0.2) is 9.84 Å². The van der Waals surface area contributed by atoms with Crippen molar-refractivity contribution in [1.82, 2.24) is 0 Å². The summed E-state index contributed by atoms with van der Waals surface area (Å²) in [5.41, 5.74) is -0.295. The van der Waals surface area contributed by atoms with Crippen molar-refractivity contribution in [3.63, 3.8) is 0 Å². The summed E-state index contributed by atoms with van der Waals surface area (Å²) < 4.78 is 49.4. The molecule has 0 aromatic heterocycles. The molecule has 5 nitrogen and oxygen atoms in total. The molecule has 0 radical (unpaired) electrons. The van der Waals surface area contributed by atoms with Crippen molar-refractivity contribution in [1.29, 1.82) is 0 Å². The molecular formula is C10H11F2NO4S. The van der Waals surface area contributed by atoms with Gasteiger partial charge in [0.05, 0.1) is 9.82 Å². The molecule has 1 rings (SSSR count). The first-order valence-electron chi connectivity index (χ1n) is 5.03. The molecule has 0 fully saturated rings. The Labute approximate surface area is 103 Å². The van der Waals surface area contributed by atoms with Gasteiger partial charge in [0, 0.05) is 18.6 Å². The molecule has 0 unspecified atom stereocenters. The first-order chi connectivity index (χ1) is 8.18. The van der Waals surface area contributed by atoms with E-state index in [1.807, 2.05) is 0 Å². The summed E-state index contributed by atoms with van der Waals surface area (Å²) in [6.07, 6.45) is -0.584. The Morgan fingerprint density at radius 3 is 2.17 bits per heavy atom.